The molecule has 0 bridgehead atoms. The first kappa shape index (κ1) is 16.6. The molecule has 0 radical (unpaired) electrons. The normalized spacial score (nSPS) is 28.0. The summed E-state index contributed by atoms with van der Waals surface area (Å²) in [6, 6.07) is 0.788. The van der Waals surface area contributed by atoms with Crippen molar-refractivity contribution in [2.24, 2.45) is 17.8 Å². The Morgan fingerprint density at radius 1 is 1.32 bits per heavy atom. The molecular weight excluding hydrogens is 344 g/mol. The van der Waals surface area contributed by atoms with E-state index in [0.29, 0.717) is 30.5 Å². The number of carboxylic acid groups (broad SMARTS) is 1. The first-order valence-corrected chi connectivity index (χ1v) is 9.24. The Bertz CT molecular complexity index is 706. The molecule has 1 saturated heterocycles. The van der Waals surface area contributed by atoms with E-state index in [-0.39, 0.29) is 22.8 Å². The molecular formula is C18H21ClN2O4. The van der Waals surface area contributed by atoms with E-state index in [4.69, 9.17) is 16.3 Å². The number of carbonyl (C=O) groups is 2. The SMILES string of the molecule is O=C(O)C1C2CCCC2CN1C(=O)c1cnc(OCC2CC2)c(Cl)c1. The van der Waals surface area contributed by atoms with Crippen LogP contribution in [-0.2, 0) is 4.79 Å². The molecule has 3 aliphatic rings. The molecule has 3 atom stereocenters. The topological polar surface area (TPSA) is 79.7 Å². The Morgan fingerprint density at radius 2 is 2.12 bits per heavy atom. The molecule has 1 aromatic rings. The predicted molar refractivity (Wildman–Crippen MR) is 90.8 cm³/mol. The Morgan fingerprint density at radius 3 is 2.80 bits per heavy atom. The zero-order chi connectivity index (χ0) is 17.6. The number of carboxylic acids is 1. The second-order valence-electron chi connectivity index (χ2n) is 7.36. The van der Waals surface area contributed by atoms with Gasteiger partial charge in [0.1, 0.15) is 11.1 Å². The number of halogens is 1. The minimum Gasteiger partial charge on any atom is -0.480 e. The third kappa shape index (κ3) is 3.19. The predicted octanol–water partition coefficient (Wildman–Crippen LogP) is 2.85. The maximum absolute atomic E-state index is 12.9. The van der Waals surface area contributed by atoms with Gasteiger partial charge in [0.25, 0.3) is 5.91 Å². The maximum atomic E-state index is 12.9. The molecule has 3 unspecified atom stereocenters. The summed E-state index contributed by atoms with van der Waals surface area (Å²) in [7, 11) is 0. The van der Waals surface area contributed by atoms with Crippen molar-refractivity contribution in [3.63, 3.8) is 0 Å². The van der Waals surface area contributed by atoms with Gasteiger partial charge in [-0.25, -0.2) is 9.78 Å². The molecule has 25 heavy (non-hydrogen) atoms. The highest BCUT2D eigenvalue weighted by molar-refractivity contribution is 6.32. The van der Waals surface area contributed by atoms with Gasteiger partial charge in [0.05, 0.1) is 12.2 Å². The van der Waals surface area contributed by atoms with Crippen molar-refractivity contribution < 1.29 is 19.4 Å². The number of aromatic nitrogens is 1. The number of hydrogen-bond acceptors (Lipinski definition) is 4. The second kappa shape index (κ2) is 6.48. The van der Waals surface area contributed by atoms with E-state index in [1.54, 1.807) is 0 Å². The third-order valence-corrected chi connectivity index (χ3v) is 5.88. The van der Waals surface area contributed by atoms with Gasteiger partial charge in [0.2, 0.25) is 5.88 Å². The number of rotatable bonds is 5. The van der Waals surface area contributed by atoms with Crippen molar-refractivity contribution in [2.75, 3.05) is 13.2 Å². The van der Waals surface area contributed by atoms with Gasteiger partial charge >= 0.3 is 5.97 Å². The number of hydrogen-bond donors (Lipinski definition) is 1. The van der Waals surface area contributed by atoms with E-state index in [9.17, 15) is 14.7 Å². The summed E-state index contributed by atoms with van der Waals surface area (Å²) in [5.41, 5.74) is 0.315. The largest absolute Gasteiger partial charge is 0.480 e. The number of carbonyl (C=O) groups excluding carboxylic acids is 1. The summed E-state index contributed by atoms with van der Waals surface area (Å²) in [5.74, 6) is 0.0227. The molecule has 4 rings (SSSR count). The van der Waals surface area contributed by atoms with Crippen LogP contribution >= 0.6 is 11.6 Å². The molecule has 7 heteroatoms. The average Bonchev–Trinajstić information content (AvgIpc) is 3.17. The highest BCUT2D eigenvalue weighted by atomic mass is 35.5. The molecule has 1 aliphatic heterocycles. The lowest BCUT2D eigenvalue weighted by molar-refractivity contribution is -0.142. The van der Waals surface area contributed by atoms with E-state index in [1.807, 2.05) is 0 Å². The van der Waals surface area contributed by atoms with Gasteiger partial charge in [-0.15, -0.1) is 0 Å². The molecule has 1 amide bonds. The number of amides is 1. The zero-order valence-electron chi connectivity index (χ0n) is 13.9. The van der Waals surface area contributed by atoms with Crippen LogP contribution in [0, 0.1) is 17.8 Å². The fraction of sp³-hybridized carbons (Fsp3) is 0.611. The fourth-order valence-electron chi connectivity index (χ4n) is 4.13. The van der Waals surface area contributed by atoms with Gasteiger partial charge in [-0.3, -0.25) is 4.79 Å². The molecule has 2 aliphatic carbocycles. The molecule has 2 saturated carbocycles. The summed E-state index contributed by atoms with van der Waals surface area (Å²) in [5, 5.41) is 9.89. The highest BCUT2D eigenvalue weighted by Gasteiger charge is 2.49. The van der Waals surface area contributed by atoms with Crippen LogP contribution in [0.2, 0.25) is 5.02 Å². The van der Waals surface area contributed by atoms with E-state index >= 15 is 0 Å². The first-order valence-electron chi connectivity index (χ1n) is 8.86. The van der Waals surface area contributed by atoms with E-state index in [1.165, 1.54) is 30.0 Å². The van der Waals surface area contributed by atoms with Crippen molar-refractivity contribution in [2.45, 2.75) is 38.1 Å². The zero-order valence-corrected chi connectivity index (χ0v) is 14.6. The minimum absolute atomic E-state index is 0.0611. The van der Waals surface area contributed by atoms with Crippen LogP contribution < -0.4 is 4.74 Å². The monoisotopic (exact) mass is 364 g/mol. The molecule has 1 aromatic heterocycles. The number of aliphatic carboxylic acids is 1. The van der Waals surface area contributed by atoms with Crippen LogP contribution in [0.15, 0.2) is 12.3 Å². The van der Waals surface area contributed by atoms with Crippen LogP contribution in [-0.4, -0.2) is 46.1 Å². The van der Waals surface area contributed by atoms with Gasteiger partial charge in [0, 0.05) is 12.7 Å². The lowest BCUT2D eigenvalue weighted by Gasteiger charge is -2.24. The summed E-state index contributed by atoms with van der Waals surface area (Å²) < 4.78 is 5.58. The molecule has 0 aromatic carbocycles. The third-order valence-electron chi connectivity index (χ3n) is 5.61. The number of nitrogens with zero attached hydrogens (tertiary/aromatic N) is 2. The minimum atomic E-state index is -0.925. The van der Waals surface area contributed by atoms with Crippen molar-refractivity contribution in [1.82, 2.24) is 9.88 Å². The summed E-state index contributed by atoms with van der Waals surface area (Å²) in [6.45, 7) is 1.09. The molecule has 1 N–H and O–H groups in total. The van der Waals surface area contributed by atoms with Crippen LogP contribution in [0.5, 0.6) is 5.88 Å². The lowest BCUT2D eigenvalue weighted by atomic mass is 9.94. The molecule has 0 spiro atoms. The highest BCUT2D eigenvalue weighted by Crippen LogP contribution is 2.43. The van der Waals surface area contributed by atoms with Crippen molar-refractivity contribution in [3.8, 4) is 5.88 Å². The second-order valence-corrected chi connectivity index (χ2v) is 7.77. The van der Waals surface area contributed by atoms with Crippen LogP contribution in [0.4, 0.5) is 0 Å². The summed E-state index contributed by atoms with van der Waals surface area (Å²) in [4.78, 5) is 30.2. The molecule has 3 fully saturated rings. The van der Waals surface area contributed by atoms with Crippen LogP contribution in [0.25, 0.3) is 0 Å². The number of fused-ring (bicyclic) bond motifs is 1. The van der Waals surface area contributed by atoms with Gasteiger partial charge < -0.3 is 14.7 Å². The van der Waals surface area contributed by atoms with E-state index in [0.717, 1.165) is 19.3 Å². The Balaban J connectivity index is 1.51. The number of ether oxygens (including phenoxy) is 1. The average molecular weight is 365 g/mol. The molecule has 134 valence electrons. The van der Waals surface area contributed by atoms with Gasteiger partial charge in [-0.05, 0) is 49.5 Å². The fourth-order valence-corrected chi connectivity index (χ4v) is 4.35. The molecule has 6 nitrogen and oxygen atoms in total. The van der Waals surface area contributed by atoms with E-state index < -0.39 is 12.0 Å². The molecule has 2 heterocycles. The van der Waals surface area contributed by atoms with Crippen LogP contribution in [0.3, 0.4) is 0 Å². The Hall–Kier alpha value is -1.82. The number of likely N-dealkylation sites (tertiary alicyclic amines) is 1. The van der Waals surface area contributed by atoms with Crippen molar-refractivity contribution in [1.29, 1.82) is 0 Å². The lowest BCUT2D eigenvalue weighted by Crippen LogP contribution is -2.43. The standard InChI is InChI=1S/C18H21ClN2O4/c19-14-6-12(7-20-16(14)25-9-10-4-5-10)17(22)21-8-11-2-1-3-13(11)15(21)18(23)24/h6-7,10-11,13,15H,1-5,8-9H2,(H,23,24). The smallest absolute Gasteiger partial charge is 0.326 e. The Labute approximate surface area is 151 Å². The summed E-state index contributed by atoms with van der Waals surface area (Å²) >= 11 is 6.20. The van der Waals surface area contributed by atoms with Crippen molar-refractivity contribution in [3.05, 3.63) is 22.8 Å². The van der Waals surface area contributed by atoms with Gasteiger partial charge in [0.15, 0.2) is 0 Å². The van der Waals surface area contributed by atoms with E-state index in [2.05, 4.69) is 4.98 Å². The van der Waals surface area contributed by atoms with Crippen molar-refractivity contribution >= 4 is 23.5 Å². The summed E-state index contributed by atoms with van der Waals surface area (Å²) in [6.07, 6.45) is 6.68. The number of pyridine rings is 1. The Kier molecular flexibility index (Phi) is 4.31. The quantitative estimate of drug-likeness (QED) is 0.869. The van der Waals surface area contributed by atoms with Gasteiger partial charge in [-0.1, -0.05) is 18.0 Å². The maximum Gasteiger partial charge on any atom is 0.326 e. The van der Waals surface area contributed by atoms with Gasteiger partial charge in [-0.2, -0.15) is 0 Å². The van der Waals surface area contributed by atoms with Crippen LogP contribution in [0.1, 0.15) is 42.5 Å². The first-order chi connectivity index (χ1) is 12.0.